The van der Waals surface area contributed by atoms with E-state index in [2.05, 4.69) is 33.9 Å². The quantitative estimate of drug-likeness (QED) is 0.440. The highest BCUT2D eigenvalue weighted by Gasteiger charge is 2.59. The van der Waals surface area contributed by atoms with Crippen molar-refractivity contribution in [3.8, 4) is 0 Å². The second-order valence-corrected chi connectivity index (χ2v) is 12.6. The second kappa shape index (κ2) is 4.89. The van der Waals surface area contributed by atoms with Crippen LogP contribution in [0.15, 0.2) is 9.15 Å². The zero-order valence-corrected chi connectivity index (χ0v) is 15.3. The molecule has 1 aliphatic carbocycles. The van der Waals surface area contributed by atoms with Crippen LogP contribution in [-0.4, -0.2) is 43.5 Å². The molecule has 0 bridgehead atoms. The number of epoxide rings is 1. The summed E-state index contributed by atoms with van der Waals surface area (Å²) in [6, 6.07) is 0. The van der Waals surface area contributed by atoms with E-state index < -0.39 is 32.6 Å². The maximum Gasteiger partial charge on any atom is 0.335 e. The molecule has 2 rings (SSSR count). The van der Waals surface area contributed by atoms with Crippen LogP contribution >= 0.6 is 22.6 Å². The summed E-state index contributed by atoms with van der Waals surface area (Å²) < 4.78 is 11.8. The van der Waals surface area contributed by atoms with Crippen LogP contribution in [0.3, 0.4) is 0 Å². The molecule has 0 aromatic rings. The Balaban J connectivity index is 2.36. The topological polar surface area (TPSA) is 76.1 Å². The average molecular weight is 410 g/mol. The van der Waals surface area contributed by atoms with Gasteiger partial charge in [-0.2, -0.15) is 0 Å². The number of carbonyl (C=O) groups is 2. The SMILES string of the molecule is CC(C)(C)[Si](C)(C)O[C@@H]1C(C(=O)O)=C(I)C(=O)[C@H]2O[C@H]21. The smallest absolute Gasteiger partial charge is 0.335 e. The molecule has 2 aliphatic rings. The van der Waals surface area contributed by atoms with Gasteiger partial charge in [0.2, 0.25) is 5.78 Å². The number of ether oxygens (including phenoxy) is 1. The van der Waals surface area contributed by atoms with E-state index in [9.17, 15) is 14.7 Å². The van der Waals surface area contributed by atoms with Crippen LogP contribution < -0.4 is 0 Å². The summed E-state index contributed by atoms with van der Waals surface area (Å²) in [5.74, 6) is -1.33. The zero-order chi connectivity index (χ0) is 15.5. The minimum atomic E-state index is -2.14. The van der Waals surface area contributed by atoms with E-state index in [-0.39, 0.29) is 20.0 Å². The first kappa shape index (κ1) is 16.1. The molecule has 112 valence electrons. The fraction of sp³-hybridized carbons (Fsp3) is 0.692. The number of rotatable bonds is 3. The standard InChI is InChI=1S/C13H19IO5Si/c1-13(2,3)20(4,5)19-9-6(12(16)17)7(14)8(15)10-11(9)18-10/h9-11H,1-5H3,(H,16,17)/t9-,10-,11+/m1/s1. The van der Waals surface area contributed by atoms with Gasteiger partial charge in [-0.3, -0.25) is 4.79 Å². The minimum absolute atomic E-state index is 0.0338. The third-order valence-electron chi connectivity index (χ3n) is 4.28. The highest BCUT2D eigenvalue weighted by molar-refractivity contribution is 14.1. The molecule has 1 N–H and O–H groups in total. The summed E-state index contributed by atoms with van der Waals surface area (Å²) >= 11 is 1.79. The van der Waals surface area contributed by atoms with E-state index in [4.69, 9.17) is 9.16 Å². The number of hydrogen-bond acceptors (Lipinski definition) is 4. The number of carbonyl (C=O) groups excluding carboxylic acids is 1. The highest BCUT2D eigenvalue weighted by Crippen LogP contribution is 2.45. The lowest BCUT2D eigenvalue weighted by atomic mass is 9.96. The van der Waals surface area contributed by atoms with Crippen molar-refractivity contribution < 1.29 is 23.9 Å². The number of Topliss-reactive ketones (excluding diaryl/α,β-unsaturated/α-hetero) is 1. The molecule has 1 saturated heterocycles. The maximum absolute atomic E-state index is 11.9. The Morgan fingerprint density at radius 3 is 2.40 bits per heavy atom. The van der Waals surface area contributed by atoms with Gasteiger partial charge in [0.05, 0.1) is 9.15 Å². The maximum atomic E-state index is 11.9. The molecule has 0 aromatic carbocycles. The van der Waals surface area contributed by atoms with Crippen LogP contribution in [-0.2, 0) is 18.8 Å². The molecule has 0 spiro atoms. The van der Waals surface area contributed by atoms with Gasteiger partial charge in [-0.05, 0) is 40.7 Å². The summed E-state index contributed by atoms with van der Waals surface area (Å²) in [7, 11) is -2.14. The van der Waals surface area contributed by atoms with Crippen molar-refractivity contribution in [3.05, 3.63) is 9.15 Å². The van der Waals surface area contributed by atoms with Crippen LogP contribution in [0.25, 0.3) is 0 Å². The minimum Gasteiger partial charge on any atom is -0.478 e. The molecule has 1 fully saturated rings. The largest absolute Gasteiger partial charge is 0.478 e. The van der Waals surface area contributed by atoms with Crippen LogP contribution in [0.4, 0.5) is 0 Å². The Hall–Kier alpha value is -0.253. The van der Waals surface area contributed by atoms with E-state index in [1.807, 2.05) is 0 Å². The Morgan fingerprint density at radius 1 is 1.40 bits per heavy atom. The van der Waals surface area contributed by atoms with Crippen molar-refractivity contribution in [1.29, 1.82) is 0 Å². The molecule has 20 heavy (non-hydrogen) atoms. The molecular weight excluding hydrogens is 391 g/mol. The molecule has 0 amide bonds. The first-order chi connectivity index (χ1) is 8.97. The predicted octanol–water partition coefficient (Wildman–Crippen LogP) is 2.50. The molecule has 3 atom stereocenters. The zero-order valence-electron chi connectivity index (χ0n) is 12.2. The van der Waals surface area contributed by atoms with Gasteiger partial charge < -0.3 is 14.3 Å². The van der Waals surface area contributed by atoms with Crippen LogP contribution in [0.1, 0.15) is 20.8 Å². The lowest BCUT2D eigenvalue weighted by molar-refractivity contribution is -0.134. The van der Waals surface area contributed by atoms with E-state index in [1.165, 1.54) is 0 Å². The molecular formula is C13H19IO5Si. The summed E-state index contributed by atoms with van der Waals surface area (Å²) in [6.07, 6.45) is -1.58. The molecule has 0 aromatic heterocycles. The molecule has 5 nitrogen and oxygen atoms in total. The number of halogens is 1. The molecule has 1 aliphatic heterocycles. The van der Waals surface area contributed by atoms with Crippen molar-refractivity contribution in [2.75, 3.05) is 0 Å². The Bertz CT molecular complexity index is 505. The average Bonchev–Trinajstić information content (AvgIpc) is 3.03. The van der Waals surface area contributed by atoms with E-state index >= 15 is 0 Å². The number of ketones is 1. The summed E-state index contributed by atoms with van der Waals surface area (Å²) in [4.78, 5) is 23.4. The van der Waals surface area contributed by atoms with E-state index in [0.29, 0.717) is 0 Å². The summed E-state index contributed by atoms with van der Waals surface area (Å²) in [5.41, 5.74) is 0.0548. The summed E-state index contributed by atoms with van der Waals surface area (Å²) in [5, 5.41) is 9.36. The molecule has 0 saturated carbocycles. The number of fused-ring (bicyclic) bond motifs is 1. The first-order valence-electron chi connectivity index (χ1n) is 6.48. The van der Waals surface area contributed by atoms with Crippen LogP contribution in [0.2, 0.25) is 18.1 Å². The van der Waals surface area contributed by atoms with Crippen molar-refractivity contribution in [2.45, 2.75) is 57.2 Å². The lowest BCUT2D eigenvalue weighted by Gasteiger charge is -2.39. The van der Waals surface area contributed by atoms with Gasteiger partial charge in [0.1, 0.15) is 12.2 Å². The lowest BCUT2D eigenvalue weighted by Crippen LogP contribution is -2.48. The third kappa shape index (κ3) is 2.60. The Labute approximate surface area is 133 Å². The van der Waals surface area contributed by atoms with Gasteiger partial charge in [-0.25, -0.2) is 4.79 Å². The third-order valence-corrected chi connectivity index (χ3v) is 9.85. The fourth-order valence-electron chi connectivity index (χ4n) is 1.95. The molecule has 7 heteroatoms. The van der Waals surface area contributed by atoms with Crippen LogP contribution in [0.5, 0.6) is 0 Å². The van der Waals surface area contributed by atoms with Gasteiger partial charge in [-0.15, -0.1) is 0 Å². The van der Waals surface area contributed by atoms with Crippen molar-refractivity contribution in [2.24, 2.45) is 0 Å². The van der Waals surface area contributed by atoms with Gasteiger partial charge in [0.15, 0.2) is 14.4 Å². The number of carboxylic acids is 1. The Morgan fingerprint density at radius 2 is 1.95 bits per heavy atom. The Kier molecular flexibility index (Phi) is 3.94. The summed E-state index contributed by atoms with van der Waals surface area (Å²) in [6.45, 7) is 10.4. The number of hydrogen-bond donors (Lipinski definition) is 1. The number of carboxylic acid groups (broad SMARTS) is 1. The van der Waals surface area contributed by atoms with Crippen molar-refractivity contribution in [1.82, 2.24) is 0 Å². The molecule has 1 heterocycles. The first-order valence-corrected chi connectivity index (χ1v) is 10.5. The normalized spacial score (nSPS) is 30.3. The molecule has 0 unspecified atom stereocenters. The van der Waals surface area contributed by atoms with Gasteiger partial charge in [0.25, 0.3) is 0 Å². The second-order valence-electron chi connectivity index (χ2n) is 6.72. The van der Waals surface area contributed by atoms with E-state index in [1.54, 1.807) is 22.6 Å². The highest BCUT2D eigenvalue weighted by atomic mass is 127. The van der Waals surface area contributed by atoms with Crippen molar-refractivity contribution in [3.63, 3.8) is 0 Å². The van der Waals surface area contributed by atoms with E-state index in [0.717, 1.165) is 0 Å². The van der Waals surface area contributed by atoms with Gasteiger partial charge >= 0.3 is 5.97 Å². The molecule has 0 radical (unpaired) electrons. The number of aliphatic carboxylic acids is 1. The fourth-order valence-corrected chi connectivity index (χ4v) is 4.03. The van der Waals surface area contributed by atoms with Gasteiger partial charge in [-0.1, -0.05) is 20.8 Å². The van der Waals surface area contributed by atoms with Gasteiger partial charge in [0, 0.05) is 0 Å². The van der Waals surface area contributed by atoms with Crippen molar-refractivity contribution >= 4 is 42.7 Å². The predicted molar refractivity (Wildman–Crippen MR) is 84.4 cm³/mol. The van der Waals surface area contributed by atoms with Crippen LogP contribution in [0, 0.1) is 0 Å². The monoisotopic (exact) mass is 410 g/mol.